The smallest absolute Gasteiger partial charge is 0.102 e. The Morgan fingerprint density at radius 1 is 1.06 bits per heavy atom. The first-order valence-electron chi connectivity index (χ1n) is 5.74. The number of nitrogen functional groups attached to an aromatic ring is 1. The van der Waals surface area contributed by atoms with E-state index in [0.717, 1.165) is 22.5 Å². The molecule has 2 aromatic rings. The lowest BCUT2D eigenvalue weighted by Gasteiger charge is -2.12. The minimum absolute atomic E-state index is 0.666. The van der Waals surface area contributed by atoms with Gasteiger partial charge in [-0.3, -0.25) is 0 Å². The molecular weight excluding hydrogens is 222 g/mol. The van der Waals surface area contributed by atoms with Crippen molar-refractivity contribution < 1.29 is 0 Å². The van der Waals surface area contributed by atoms with Crippen molar-refractivity contribution in [1.82, 2.24) is 0 Å². The third-order valence-corrected chi connectivity index (χ3v) is 2.92. The summed E-state index contributed by atoms with van der Waals surface area (Å²) in [5.74, 6) is 0. The first-order valence-corrected chi connectivity index (χ1v) is 5.74. The number of aryl methyl sites for hydroxylation is 2. The van der Waals surface area contributed by atoms with E-state index in [1.165, 1.54) is 0 Å². The van der Waals surface area contributed by atoms with Crippen LogP contribution in [0.15, 0.2) is 36.4 Å². The number of nitrogens with one attached hydrogen (secondary N) is 1. The van der Waals surface area contributed by atoms with Crippen LogP contribution in [0.5, 0.6) is 0 Å². The zero-order chi connectivity index (χ0) is 13.1. The van der Waals surface area contributed by atoms with Crippen molar-refractivity contribution in [2.24, 2.45) is 0 Å². The van der Waals surface area contributed by atoms with Crippen molar-refractivity contribution in [3.05, 3.63) is 53.1 Å². The lowest BCUT2D eigenvalue weighted by molar-refractivity contribution is 1.37. The van der Waals surface area contributed by atoms with E-state index < -0.39 is 0 Å². The van der Waals surface area contributed by atoms with E-state index >= 15 is 0 Å². The van der Waals surface area contributed by atoms with Crippen molar-refractivity contribution in [3.63, 3.8) is 0 Å². The largest absolute Gasteiger partial charge is 0.399 e. The highest BCUT2D eigenvalue weighted by Gasteiger charge is 2.06. The summed E-state index contributed by atoms with van der Waals surface area (Å²) < 4.78 is 0. The molecule has 3 nitrogen and oxygen atoms in total. The zero-order valence-electron chi connectivity index (χ0n) is 10.5. The summed E-state index contributed by atoms with van der Waals surface area (Å²) in [6.07, 6.45) is 0. The molecule has 0 radical (unpaired) electrons. The highest BCUT2D eigenvalue weighted by molar-refractivity contribution is 5.72. The Morgan fingerprint density at radius 2 is 1.83 bits per heavy atom. The predicted molar refractivity (Wildman–Crippen MR) is 74.8 cm³/mol. The standard InChI is InChI=1S/C15H15N3/c1-10-4-3-5-14(13(10)9-16)18-15-8-12(17)7-6-11(15)2/h3-8,18H,17H2,1-2H3. The highest BCUT2D eigenvalue weighted by Crippen LogP contribution is 2.26. The number of hydrogen-bond donors (Lipinski definition) is 2. The van der Waals surface area contributed by atoms with Crippen LogP contribution in [0.2, 0.25) is 0 Å². The Balaban J connectivity index is 2.44. The lowest BCUT2D eigenvalue weighted by Crippen LogP contribution is -1.98. The van der Waals surface area contributed by atoms with E-state index in [0.29, 0.717) is 11.3 Å². The fourth-order valence-corrected chi connectivity index (χ4v) is 1.84. The number of anilines is 3. The molecule has 0 heterocycles. The van der Waals surface area contributed by atoms with Gasteiger partial charge in [-0.15, -0.1) is 0 Å². The van der Waals surface area contributed by atoms with Crippen LogP contribution in [0, 0.1) is 25.2 Å². The molecule has 3 N–H and O–H groups in total. The minimum atomic E-state index is 0.666. The molecule has 0 unspecified atom stereocenters. The predicted octanol–water partition coefficient (Wildman–Crippen LogP) is 3.50. The molecule has 2 rings (SSSR count). The van der Waals surface area contributed by atoms with Crippen LogP contribution in [-0.4, -0.2) is 0 Å². The summed E-state index contributed by atoms with van der Waals surface area (Å²) in [5.41, 5.74) is 10.9. The van der Waals surface area contributed by atoms with Gasteiger partial charge in [0.05, 0.1) is 11.3 Å². The Bertz CT molecular complexity index is 624. The number of hydrogen-bond acceptors (Lipinski definition) is 3. The van der Waals surface area contributed by atoms with Gasteiger partial charge in [0, 0.05) is 11.4 Å². The lowest BCUT2D eigenvalue weighted by atomic mass is 10.1. The fourth-order valence-electron chi connectivity index (χ4n) is 1.84. The highest BCUT2D eigenvalue weighted by atomic mass is 14.9. The van der Waals surface area contributed by atoms with Gasteiger partial charge < -0.3 is 11.1 Å². The summed E-state index contributed by atoms with van der Waals surface area (Å²) >= 11 is 0. The molecule has 0 bridgehead atoms. The van der Waals surface area contributed by atoms with Crippen molar-refractivity contribution in [3.8, 4) is 6.07 Å². The molecule has 0 amide bonds. The molecular formula is C15H15N3. The van der Waals surface area contributed by atoms with Gasteiger partial charge in [-0.25, -0.2) is 0 Å². The molecule has 0 aromatic heterocycles. The van der Waals surface area contributed by atoms with Crippen molar-refractivity contribution in [2.45, 2.75) is 13.8 Å². The van der Waals surface area contributed by atoms with Crippen LogP contribution < -0.4 is 11.1 Å². The Morgan fingerprint density at radius 3 is 2.56 bits per heavy atom. The molecule has 0 atom stereocenters. The van der Waals surface area contributed by atoms with Crippen LogP contribution in [-0.2, 0) is 0 Å². The fraction of sp³-hybridized carbons (Fsp3) is 0.133. The third-order valence-electron chi connectivity index (χ3n) is 2.92. The average Bonchev–Trinajstić information content (AvgIpc) is 2.34. The van der Waals surface area contributed by atoms with Crippen LogP contribution in [0.3, 0.4) is 0 Å². The summed E-state index contributed by atoms with van der Waals surface area (Å²) in [4.78, 5) is 0. The Hall–Kier alpha value is -2.47. The van der Waals surface area contributed by atoms with Gasteiger partial charge in [0.1, 0.15) is 6.07 Å². The molecule has 0 aliphatic rings. The van der Waals surface area contributed by atoms with Crippen molar-refractivity contribution in [1.29, 1.82) is 5.26 Å². The van der Waals surface area contributed by atoms with Crippen molar-refractivity contribution >= 4 is 17.1 Å². The quantitative estimate of drug-likeness (QED) is 0.786. The SMILES string of the molecule is Cc1ccc(N)cc1Nc1cccc(C)c1C#N. The molecule has 0 aliphatic carbocycles. The first kappa shape index (κ1) is 12.0. The number of rotatable bonds is 2. The molecule has 0 fully saturated rings. The van der Waals surface area contributed by atoms with Gasteiger partial charge in [-0.2, -0.15) is 5.26 Å². The van der Waals surface area contributed by atoms with Gasteiger partial charge in [0.2, 0.25) is 0 Å². The second-order valence-corrected chi connectivity index (χ2v) is 4.31. The zero-order valence-corrected chi connectivity index (χ0v) is 10.5. The summed E-state index contributed by atoms with van der Waals surface area (Å²) in [7, 11) is 0. The maximum absolute atomic E-state index is 9.19. The molecule has 0 saturated carbocycles. The van der Waals surface area contributed by atoms with E-state index in [4.69, 9.17) is 5.73 Å². The van der Waals surface area contributed by atoms with Crippen molar-refractivity contribution in [2.75, 3.05) is 11.1 Å². The van der Waals surface area contributed by atoms with E-state index in [1.54, 1.807) is 0 Å². The Kier molecular flexibility index (Phi) is 3.20. The molecule has 18 heavy (non-hydrogen) atoms. The Labute approximate surface area is 107 Å². The van der Waals surface area contributed by atoms with Gasteiger partial charge >= 0.3 is 0 Å². The monoisotopic (exact) mass is 237 g/mol. The molecule has 3 heteroatoms. The maximum Gasteiger partial charge on any atom is 0.102 e. The number of nitriles is 1. The molecule has 0 saturated heterocycles. The van der Waals surface area contributed by atoms with Gasteiger partial charge in [-0.1, -0.05) is 18.2 Å². The normalized spacial score (nSPS) is 9.83. The summed E-state index contributed by atoms with van der Waals surface area (Å²) in [6.45, 7) is 3.93. The summed E-state index contributed by atoms with van der Waals surface area (Å²) in [5, 5.41) is 12.5. The second kappa shape index (κ2) is 4.80. The number of benzene rings is 2. The number of nitrogens with zero attached hydrogens (tertiary/aromatic N) is 1. The average molecular weight is 237 g/mol. The third kappa shape index (κ3) is 2.28. The molecule has 0 spiro atoms. The first-order chi connectivity index (χ1) is 8.61. The van der Waals surface area contributed by atoms with Gasteiger partial charge in [0.15, 0.2) is 0 Å². The van der Waals surface area contributed by atoms with E-state index in [2.05, 4.69) is 11.4 Å². The van der Waals surface area contributed by atoms with Crippen LogP contribution in [0.4, 0.5) is 17.1 Å². The van der Waals surface area contributed by atoms with Crippen LogP contribution in [0.1, 0.15) is 16.7 Å². The second-order valence-electron chi connectivity index (χ2n) is 4.31. The topological polar surface area (TPSA) is 61.8 Å². The molecule has 90 valence electrons. The molecule has 0 aliphatic heterocycles. The van der Waals surface area contributed by atoms with Crippen LogP contribution >= 0.6 is 0 Å². The van der Waals surface area contributed by atoms with Gasteiger partial charge in [0.25, 0.3) is 0 Å². The minimum Gasteiger partial charge on any atom is -0.399 e. The summed E-state index contributed by atoms with van der Waals surface area (Å²) in [6, 6.07) is 13.7. The van der Waals surface area contributed by atoms with E-state index in [1.807, 2.05) is 50.2 Å². The van der Waals surface area contributed by atoms with E-state index in [9.17, 15) is 5.26 Å². The van der Waals surface area contributed by atoms with Crippen LogP contribution in [0.25, 0.3) is 0 Å². The molecule has 2 aromatic carbocycles. The maximum atomic E-state index is 9.19. The van der Waals surface area contributed by atoms with E-state index in [-0.39, 0.29) is 0 Å². The number of nitrogens with two attached hydrogens (primary N) is 1. The van der Waals surface area contributed by atoms with Gasteiger partial charge in [-0.05, 0) is 43.2 Å².